The monoisotopic (exact) mass is 332 g/mol. The molecule has 4 nitrogen and oxygen atoms in total. The number of sulfonamides is 1. The quantitative estimate of drug-likeness (QED) is 0.874. The van der Waals surface area contributed by atoms with Crippen molar-refractivity contribution in [2.24, 2.45) is 0 Å². The lowest BCUT2D eigenvalue weighted by Gasteiger charge is -2.13. The molecule has 1 N–H and O–H groups in total. The second-order valence-electron chi connectivity index (χ2n) is 4.97. The Morgan fingerprint density at radius 1 is 1.09 bits per heavy atom. The van der Waals surface area contributed by atoms with Crippen LogP contribution in [0.15, 0.2) is 53.4 Å². The maximum atomic E-state index is 13.5. The number of nitrogens with zero attached hydrogens (tertiary/aromatic N) is 1. The number of anilines is 1. The summed E-state index contributed by atoms with van der Waals surface area (Å²) in [5.41, 5.74) is 1.74. The molecule has 0 bridgehead atoms. The molecule has 0 aliphatic carbocycles. The molecule has 0 atom stereocenters. The predicted octanol–water partition coefficient (Wildman–Crippen LogP) is 2.22. The molecule has 2 aromatic rings. The van der Waals surface area contributed by atoms with Gasteiger partial charge in [0.1, 0.15) is 10.7 Å². The highest BCUT2D eigenvalue weighted by Crippen LogP contribution is 2.16. The molecule has 0 heterocycles. The van der Waals surface area contributed by atoms with Crippen LogP contribution in [0, 0.1) is 17.7 Å². The zero-order valence-corrected chi connectivity index (χ0v) is 13.7. The molecule has 0 amide bonds. The summed E-state index contributed by atoms with van der Waals surface area (Å²) in [5.74, 6) is 4.89. The van der Waals surface area contributed by atoms with Crippen LogP contribution in [0.2, 0.25) is 0 Å². The summed E-state index contributed by atoms with van der Waals surface area (Å²) in [4.78, 5) is 1.54. The Morgan fingerprint density at radius 2 is 1.74 bits per heavy atom. The van der Waals surface area contributed by atoms with Crippen LogP contribution in [0.3, 0.4) is 0 Å². The predicted molar refractivity (Wildman–Crippen MR) is 89.2 cm³/mol. The Balaban J connectivity index is 2.11. The van der Waals surface area contributed by atoms with E-state index in [1.54, 1.807) is 0 Å². The minimum atomic E-state index is -3.91. The molecule has 0 saturated carbocycles. The maximum absolute atomic E-state index is 13.5. The van der Waals surface area contributed by atoms with Crippen LogP contribution in [0.1, 0.15) is 5.56 Å². The summed E-state index contributed by atoms with van der Waals surface area (Å²) in [6.45, 7) is -0.0988. The van der Waals surface area contributed by atoms with Crippen molar-refractivity contribution in [3.63, 3.8) is 0 Å². The van der Waals surface area contributed by atoms with Gasteiger partial charge in [0.2, 0.25) is 10.0 Å². The highest BCUT2D eigenvalue weighted by molar-refractivity contribution is 7.89. The standard InChI is InChI=1S/C17H17FN2O2S/c1-20(2)16-11-5-3-8-14(16)9-7-13-19-23(21,22)17-12-6-4-10-15(17)18/h3-6,8,10-12,19H,13H2,1-2H3. The van der Waals surface area contributed by atoms with E-state index >= 15 is 0 Å². The van der Waals surface area contributed by atoms with E-state index in [9.17, 15) is 12.8 Å². The number of rotatable bonds is 4. The van der Waals surface area contributed by atoms with Crippen LogP contribution in [-0.2, 0) is 10.0 Å². The average molecular weight is 332 g/mol. The van der Waals surface area contributed by atoms with Crippen molar-refractivity contribution in [3.8, 4) is 11.8 Å². The Hall–Kier alpha value is -2.36. The van der Waals surface area contributed by atoms with Gasteiger partial charge < -0.3 is 4.90 Å². The molecule has 0 radical (unpaired) electrons. The number of hydrogen-bond donors (Lipinski definition) is 1. The number of halogens is 1. The van der Waals surface area contributed by atoms with Gasteiger partial charge in [-0.1, -0.05) is 36.1 Å². The van der Waals surface area contributed by atoms with Crippen LogP contribution in [0.5, 0.6) is 0 Å². The van der Waals surface area contributed by atoms with E-state index in [2.05, 4.69) is 16.6 Å². The fourth-order valence-electron chi connectivity index (χ4n) is 1.98. The van der Waals surface area contributed by atoms with E-state index in [0.717, 1.165) is 17.3 Å². The van der Waals surface area contributed by atoms with E-state index < -0.39 is 15.8 Å². The zero-order chi connectivity index (χ0) is 16.9. The number of hydrogen-bond acceptors (Lipinski definition) is 3. The summed E-state index contributed by atoms with van der Waals surface area (Å²) in [6.07, 6.45) is 0. The van der Waals surface area contributed by atoms with Crippen molar-refractivity contribution >= 4 is 15.7 Å². The average Bonchev–Trinajstić information content (AvgIpc) is 2.52. The van der Waals surface area contributed by atoms with Gasteiger partial charge in [0.25, 0.3) is 0 Å². The second kappa shape index (κ2) is 7.27. The van der Waals surface area contributed by atoms with Gasteiger partial charge in [-0.2, -0.15) is 4.72 Å². The van der Waals surface area contributed by atoms with Crippen molar-refractivity contribution in [1.82, 2.24) is 4.72 Å². The molecule has 0 aliphatic heterocycles. The third-order valence-electron chi connectivity index (χ3n) is 3.09. The fourth-order valence-corrected chi connectivity index (χ4v) is 2.98. The lowest BCUT2D eigenvalue weighted by molar-refractivity contribution is 0.560. The van der Waals surface area contributed by atoms with Crippen LogP contribution in [0.4, 0.5) is 10.1 Å². The van der Waals surface area contributed by atoms with E-state index in [1.807, 2.05) is 43.3 Å². The van der Waals surface area contributed by atoms with Gasteiger partial charge >= 0.3 is 0 Å². The topological polar surface area (TPSA) is 49.4 Å². The molecule has 0 spiro atoms. The molecule has 120 valence electrons. The highest BCUT2D eigenvalue weighted by atomic mass is 32.2. The maximum Gasteiger partial charge on any atom is 0.244 e. The molecule has 0 unspecified atom stereocenters. The Kier molecular flexibility index (Phi) is 5.37. The van der Waals surface area contributed by atoms with Gasteiger partial charge in [-0.25, -0.2) is 12.8 Å². The van der Waals surface area contributed by atoms with E-state index in [4.69, 9.17) is 0 Å². The molecule has 23 heavy (non-hydrogen) atoms. The normalized spacial score (nSPS) is 10.7. The van der Waals surface area contributed by atoms with Crippen molar-refractivity contribution < 1.29 is 12.8 Å². The molecule has 6 heteroatoms. The lowest BCUT2D eigenvalue weighted by atomic mass is 10.1. The molecule has 0 saturated heterocycles. The van der Waals surface area contributed by atoms with E-state index in [1.165, 1.54) is 18.2 Å². The lowest BCUT2D eigenvalue weighted by Crippen LogP contribution is -2.24. The molecule has 0 fully saturated rings. The summed E-state index contributed by atoms with van der Waals surface area (Å²) in [7, 11) is -0.101. The van der Waals surface area contributed by atoms with Gasteiger partial charge in [-0.15, -0.1) is 0 Å². The Labute approximate surface area is 136 Å². The van der Waals surface area contributed by atoms with E-state index in [0.29, 0.717) is 0 Å². The Bertz CT molecular complexity index is 852. The minimum Gasteiger partial charge on any atom is -0.377 e. The first-order valence-corrected chi connectivity index (χ1v) is 8.39. The fraction of sp³-hybridized carbons (Fsp3) is 0.176. The van der Waals surface area contributed by atoms with Gasteiger partial charge in [-0.05, 0) is 24.3 Å². The van der Waals surface area contributed by atoms with Crippen LogP contribution >= 0.6 is 0 Å². The largest absolute Gasteiger partial charge is 0.377 e. The van der Waals surface area contributed by atoms with Crippen molar-refractivity contribution in [3.05, 3.63) is 59.9 Å². The zero-order valence-electron chi connectivity index (χ0n) is 12.9. The van der Waals surface area contributed by atoms with Gasteiger partial charge in [0.05, 0.1) is 12.2 Å². The summed E-state index contributed by atoms with van der Waals surface area (Å²) in [6, 6.07) is 12.8. The number of benzene rings is 2. The molecular weight excluding hydrogens is 315 g/mol. The van der Waals surface area contributed by atoms with Gasteiger partial charge in [0, 0.05) is 19.7 Å². The van der Waals surface area contributed by atoms with Crippen LogP contribution < -0.4 is 9.62 Å². The Morgan fingerprint density at radius 3 is 2.43 bits per heavy atom. The van der Waals surface area contributed by atoms with Crippen LogP contribution in [0.25, 0.3) is 0 Å². The summed E-state index contributed by atoms with van der Waals surface area (Å²) < 4.78 is 39.8. The van der Waals surface area contributed by atoms with Crippen LogP contribution in [-0.4, -0.2) is 29.1 Å². The first-order valence-electron chi connectivity index (χ1n) is 6.91. The third kappa shape index (κ3) is 4.31. The first-order chi connectivity index (χ1) is 10.9. The van der Waals surface area contributed by atoms with Crippen molar-refractivity contribution in [1.29, 1.82) is 0 Å². The second-order valence-corrected chi connectivity index (χ2v) is 6.70. The van der Waals surface area contributed by atoms with Gasteiger partial charge in [0.15, 0.2) is 0 Å². The molecule has 2 rings (SSSR count). The van der Waals surface area contributed by atoms with Crippen molar-refractivity contribution in [2.45, 2.75) is 4.90 Å². The third-order valence-corrected chi connectivity index (χ3v) is 4.52. The van der Waals surface area contributed by atoms with E-state index in [-0.39, 0.29) is 11.4 Å². The molecular formula is C17H17FN2O2S. The molecule has 0 aliphatic rings. The first kappa shape index (κ1) is 17.0. The molecule has 2 aromatic carbocycles. The SMILES string of the molecule is CN(C)c1ccccc1C#CCNS(=O)(=O)c1ccccc1F. The smallest absolute Gasteiger partial charge is 0.244 e. The summed E-state index contributed by atoms with van der Waals surface area (Å²) in [5, 5.41) is 0. The molecule has 0 aromatic heterocycles. The summed E-state index contributed by atoms with van der Waals surface area (Å²) >= 11 is 0. The minimum absolute atomic E-state index is 0.0988. The number of para-hydroxylation sites is 1. The van der Waals surface area contributed by atoms with Crippen molar-refractivity contribution in [2.75, 3.05) is 25.5 Å². The highest BCUT2D eigenvalue weighted by Gasteiger charge is 2.17. The van der Waals surface area contributed by atoms with Gasteiger partial charge in [-0.3, -0.25) is 0 Å². The number of nitrogens with one attached hydrogen (secondary N) is 1.